The second-order valence-electron chi connectivity index (χ2n) is 7.21. The van der Waals surface area contributed by atoms with Crippen LogP contribution in [0.25, 0.3) is 11.1 Å². The maximum Gasteiger partial charge on any atom is 0.410 e. The molecule has 26 heavy (non-hydrogen) atoms. The topological polar surface area (TPSA) is 46.6 Å². The first-order valence-corrected chi connectivity index (χ1v) is 9.00. The molecule has 2 aromatic carbocycles. The molecule has 1 unspecified atom stereocenters. The summed E-state index contributed by atoms with van der Waals surface area (Å²) >= 11 is 0. The molecule has 4 heteroatoms. The number of ether oxygens (including phenoxy) is 1. The summed E-state index contributed by atoms with van der Waals surface area (Å²) in [6.07, 6.45) is -0.458. The normalized spacial score (nSPS) is 13.9. The summed E-state index contributed by atoms with van der Waals surface area (Å²) in [4.78, 5) is 25.8. The lowest BCUT2D eigenvalue weighted by Gasteiger charge is -2.29. The minimum absolute atomic E-state index is 0.0228. The van der Waals surface area contributed by atoms with E-state index in [4.69, 9.17) is 4.74 Å². The van der Waals surface area contributed by atoms with Gasteiger partial charge in [-0.3, -0.25) is 4.79 Å². The zero-order valence-corrected chi connectivity index (χ0v) is 15.7. The summed E-state index contributed by atoms with van der Waals surface area (Å²) < 4.78 is 5.62. The van der Waals surface area contributed by atoms with Crippen molar-refractivity contribution in [3.8, 4) is 11.1 Å². The zero-order valence-electron chi connectivity index (χ0n) is 15.7. The number of Topliss-reactive ketones (excluding diaryl/α,β-unsaturated/α-hetero) is 1. The van der Waals surface area contributed by atoms with Crippen LogP contribution in [0.1, 0.15) is 37.8 Å². The lowest BCUT2D eigenvalue weighted by atomic mass is 9.98. The third kappa shape index (κ3) is 3.24. The number of carbonyl (C=O) groups is 2. The molecule has 4 nitrogen and oxygen atoms in total. The van der Waals surface area contributed by atoms with Crippen LogP contribution in [0.5, 0.6) is 0 Å². The van der Waals surface area contributed by atoms with Gasteiger partial charge in [-0.2, -0.15) is 0 Å². The Labute approximate surface area is 154 Å². The number of hydrogen-bond acceptors (Lipinski definition) is 3. The highest BCUT2D eigenvalue weighted by atomic mass is 16.6. The SMILES string of the molecule is CC(=O)C(C(C)C)N(C)C(=O)OCC1c2ccccc2-c2ccccc21. The number of hydrogen-bond donors (Lipinski definition) is 0. The fourth-order valence-electron chi connectivity index (χ4n) is 4.00. The molecule has 0 heterocycles. The number of likely N-dealkylation sites (N-methyl/N-ethyl adjacent to an activating group) is 1. The lowest BCUT2D eigenvalue weighted by molar-refractivity contribution is -0.122. The molecule has 2 aromatic rings. The maximum absolute atomic E-state index is 12.5. The van der Waals surface area contributed by atoms with Gasteiger partial charge in [0.1, 0.15) is 6.61 Å². The van der Waals surface area contributed by atoms with Crippen molar-refractivity contribution in [3.05, 3.63) is 59.7 Å². The molecule has 0 N–H and O–H groups in total. The first-order chi connectivity index (χ1) is 12.4. The minimum atomic E-state index is -0.467. The lowest BCUT2D eigenvalue weighted by Crippen LogP contribution is -2.45. The van der Waals surface area contributed by atoms with Gasteiger partial charge in [0.25, 0.3) is 0 Å². The summed E-state index contributed by atoms with van der Waals surface area (Å²) in [5.74, 6) is 0.0311. The van der Waals surface area contributed by atoms with Crippen molar-refractivity contribution in [2.75, 3.05) is 13.7 Å². The van der Waals surface area contributed by atoms with Gasteiger partial charge in [-0.15, -0.1) is 0 Å². The first kappa shape index (κ1) is 18.2. The number of ketones is 1. The molecule has 3 rings (SSSR count). The highest BCUT2D eigenvalue weighted by molar-refractivity contribution is 5.85. The quantitative estimate of drug-likeness (QED) is 0.798. The zero-order chi connectivity index (χ0) is 18.8. The summed E-state index contributed by atoms with van der Waals surface area (Å²) in [7, 11) is 1.63. The van der Waals surface area contributed by atoms with Gasteiger partial charge in [0.15, 0.2) is 5.78 Å². The maximum atomic E-state index is 12.5. The smallest absolute Gasteiger partial charge is 0.410 e. The van der Waals surface area contributed by atoms with Crippen LogP contribution < -0.4 is 0 Å². The van der Waals surface area contributed by atoms with Gasteiger partial charge in [0, 0.05) is 13.0 Å². The Balaban J connectivity index is 1.78. The van der Waals surface area contributed by atoms with E-state index in [1.807, 2.05) is 38.1 Å². The molecular weight excluding hydrogens is 326 g/mol. The van der Waals surface area contributed by atoms with Crippen molar-refractivity contribution >= 4 is 11.9 Å². The second kappa shape index (κ2) is 7.32. The molecule has 0 bridgehead atoms. The van der Waals surface area contributed by atoms with E-state index in [9.17, 15) is 9.59 Å². The number of benzene rings is 2. The van der Waals surface area contributed by atoms with Gasteiger partial charge in [0.05, 0.1) is 6.04 Å². The van der Waals surface area contributed by atoms with Crippen LogP contribution in [0.15, 0.2) is 48.5 Å². The molecule has 1 amide bonds. The van der Waals surface area contributed by atoms with E-state index in [2.05, 4.69) is 24.3 Å². The van der Waals surface area contributed by atoms with Crippen LogP contribution in [-0.4, -0.2) is 36.5 Å². The Morgan fingerprint density at radius 1 is 1.00 bits per heavy atom. The van der Waals surface area contributed by atoms with Crippen molar-refractivity contribution < 1.29 is 14.3 Å². The third-order valence-corrected chi connectivity index (χ3v) is 5.09. The molecular formula is C22H25NO3. The van der Waals surface area contributed by atoms with Gasteiger partial charge < -0.3 is 9.64 Å². The second-order valence-corrected chi connectivity index (χ2v) is 7.21. The summed E-state index contributed by atoms with van der Waals surface area (Å²) in [6, 6.07) is 16.0. The Kier molecular flexibility index (Phi) is 5.12. The van der Waals surface area contributed by atoms with Crippen LogP contribution in [0.3, 0.4) is 0 Å². The summed E-state index contributed by atoms with van der Waals surface area (Å²) in [6.45, 7) is 5.64. The van der Waals surface area contributed by atoms with Crippen molar-refractivity contribution in [1.29, 1.82) is 0 Å². The molecule has 1 aliphatic rings. The standard InChI is InChI=1S/C22H25NO3/c1-14(2)21(15(3)24)23(4)22(25)26-13-20-18-11-7-5-9-16(18)17-10-6-8-12-19(17)20/h5-12,14,20-21H,13H2,1-4H3. The predicted octanol–water partition coefficient (Wildman–Crippen LogP) is 4.48. The van der Waals surface area contributed by atoms with E-state index < -0.39 is 12.1 Å². The van der Waals surface area contributed by atoms with E-state index in [0.29, 0.717) is 0 Å². The van der Waals surface area contributed by atoms with Crippen molar-refractivity contribution in [3.63, 3.8) is 0 Å². The van der Waals surface area contributed by atoms with Crippen LogP contribution in [0.4, 0.5) is 4.79 Å². The highest BCUT2D eigenvalue weighted by Crippen LogP contribution is 2.44. The van der Waals surface area contributed by atoms with Gasteiger partial charge >= 0.3 is 6.09 Å². The molecule has 0 spiro atoms. The number of nitrogens with zero attached hydrogens (tertiary/aromatic N) is 1. The Bertz CT molecular complexity index is 782. The van der Waals surface area contributed by atoms with Gasteiger partial charge in [-0.05, 0) is 35.1 Å². The molecule has 0 aliphatic heterocycles. The number of amides is 1. The van der Waals surface area contributed by atoms with Gasteiger partial charge in [0.2, 0.25) is 0 Å². The van der Waals surface area contributed by atoms with Crippen molar-refractivity contribution in [1.82, 2.24) is 4.90 Å². The number of fused-ring (bicyclic) bond motifs is 3. The number of rotatable bonds is 5. The van der Waals surface area contributed by atoms with E-state index >= 15 is 0 Å². The van der Waals surface area contributed by atoms with Gasteiger partial charge in [-0.1, -0.05) is 62.4 Å². The molecule has 0 saturated heterocycles. The van der Waals surface area contributed by atoms with E-state index in [0.717, 1.165) is 0 Å². The summed E-state index contributed by atoms with van der Waals surface area (Å²) in [5, 5.41) is 0. The predicted molar refractivity (Wildman–Crippen MR) is 102 cm³/mol. The monoisotopic (exact) mass is 351 g/mol. The average Bonchev–Trinajstić information content (AvgIpc) is 2.93. The first-order valence-electron chi connectivity index (χ1n) is 9.00. The van der Waals surface area contributed by atoms with E-state index in [1.54, 1.807) is 7.05 Å². The average molecular weight is 351 g/mol. The Morgan fingerprint density at radius 2 is 1.50 bits per heavy atom. The molecule has 0 saturated carbocycles. The molecule has 1 aliphatic carbocycles. The largest absolute Gasteiger partial charge is 0.448 e. The molecule has 136 valence electrons. The van der Waals surface area contributed by atoms with E-state index in [-0.39, 0.29) is 24.2 Å². The summed E-state index contributed by atoms with van der Waals surface area (Å²) in [5.41, 5.74) is 4.75. The van der Waals surface area contributed by atoms with Crippen LogP contribution in [0, 0.1) is 5.92 Å². The van der Waals surface area contributed by atoms with E-state index in [1.165, 1.54) is 34.1 Å². The van der Waals surface area contributed by atoms with Crippen LogP contribution >= 0.6 is 0 Å². The van der Waals surface area contributed by atoms with Crippen LogP contribution in [-0.2, 0) is 9.53 Å². The van der Waals surface area contributed by atoms with Crippen molar-refractivity contribution in [2.24, 2.45) is 5.92 Å². The highest BCUT2D eigenvalue weighted by Gasteiger charge is 2.31. The third-order valence-electron chi connectivity index (χ3n) is 5.09. The Morgan fingerprint density at radius 3 is 1.96 bits per heavy atom. The van der Waals surface area contributed by atoms with Crippen molar-refractivity contribution in [2.45, 2.75) is 32.7 Å². The minimum Gasteiger partial charge on any atom is -0.448 e. The molecule has 1 atom stereocenters. The number of carbonyl (C=O) groups excluding carboxylic acids is 2. The van der Waals surface area contributed by atoms with Crippen LogP contribution in [0.2, 0.25) is 0 Å². The molecule has 0 fully saturated rings. The molecule has 0 radical (unpaired) electrons. The van der Waals surface area contributed by atoms with Gasteiger partial charge in [-0.25, -0.2) is 4.79 Å². The fraction of sp³-hybridized carbons (Fsp3) is 0.364. The Hall–Kier alpha value is -2.62. The molecule has 0 aromatic heterocycles. The fourth-order valence-corrected chi connectivity index (χ4v) is 4.00.